The second-order valence-electron chi connectivity index (χ2n) is 7.37. The molecule has 2 unspecified atom stereocenters. The van der Waals surface area contributed by atoms with Crippen LogP contribution in [0, 0.1) is 11.3 Å². The predicted molar refractivity (Wildman–Crippen MR) is 101 cm³/mol. The van der Waals surface area contributed by atoms with Gasteiger partial charge in [-0.25, -0.2) is 9.98 Å². The van der Waals surface area contributed by atoms with Crippen LogP contribution in [0.4, 0.5) is 5.82 Å². The minimum atomic E-state index is -0.345. The van der Waals surface area contributed by atoms with Gasteiger partial charge in [-0.1, -0.05) is 31.7 Å². The van der Waals surface area contributed by atoms with E-state index in [0.29, 0.717) is 23.0 Å². The van der Waals surface area contributed by atoms with Gasteiger partial charge in [0.25, 0.3) is 5.56 Å². The summed E-state index contributed by atoms with van der Waals surface area (Å²) in [5, 5.41) is 2.54. The summed E-state index contributed by atoms with van der Waals surface area (Å²) >= 11 is 2.96. The zero-order valence-corrected chi connectivity index (χ0v) is 16.0. The maximum absolute atomic E-state index is 13.0. The van der Waals surface area contributed by atoms with E-state index in [1.54, 1.807) is 11.3 Å². The number of carbonyl (C=O) groups is 1. The van der Waals surface area contributed by atoms with E-state index in [9.17, 15) is 9.59 Å². The molecule has 1 saturated carbocycles. The largest absolute Gasteiger partial charge is 0.301 e. The number of rotatable bonds is 2. The van der Waals surface area contributed by atoms with Gasteiger partial charge in [-0.3, -0.25) is 9.59 Å². The average Bonchev–Trinajstić information content (AvgIpc) is 3.05. The minimum absolute atomic E-state index is 0.104. The number of aromatic nitrogens is 2. The van der Waals surface area contributed by atoms with Crippen LogP contribution < -0.4 is 5.56 Å². The standard InChI is InChI=1S/C18H19N3O2S2/c1-18(2)7-9-12(10(22)8-18)13(11-5-4-6-25-11)14-15(19-9)20-17(24-3)21-16(14)23/h4-6,12-13H,7-8H2,1-3H3,(H,20,21,23). The first kappa shape index (κ1) is 16.7. The quantitative estimate of drug-likeness (QED) is 0.642. The van der Waals surface area contributed by atoms with Gasteiger partial charge in [0.1, 0.15) is 5.78 Å². The van der Waals surface area contributed by atoms with Crippen LogP contribution in [-0.2, 0) is 4.79 Å². The number of thioether (sulfide) groups is 1. The maximum Gasteiger partial charge on any atom is 0.257 e. The highest BCUT2D eigenvalue weighted by molar-refractivity contribution is 7.98. The van der Waals surface area contributed by atoms with Crippen molar-refractivity contribution in [1.29, 1.82) is 0 Å². The molecule has 0 aromatic carbocycles. The van der Waals surface area contributed by atoms with E-state index in [2.05, 4.69) is 23.8 Å². The number of nitrogens with zero attached hydrogens (tertiary/aromatic N) is 2. The van der Waals surface area contributed by atoms with E-state index in [4.69, 9.17) is 4.99 Å². The van der Waals surface area contributed by atoms with Crippen LogP contribution >= 0.6 is 23.1 Å². The Morgan fingerprint density at radius 1 is 1.28 bits per heavy atom. The van der Waals surface area contributed by atoms with Crippen molar-refractivity contribution in [3.63, 3.8) is 0 Å². The molecule has 0 saturated heterocycles. The highest BCUT2D eigenvalue weighted by atomic mass is 32.2. The van der Waals surface area contributed by atoms with Gasteiger partial charge < -0.3 is 4.98 Å². The third-order valence-electron chi connectivity index (χ3n) is 4.87. The number of Topliss-reactive ketones (excluding diaryl/α,β-unsaturated/α-hetero) is 1. The number of thiophene rings is 1. The highest BCUT2D eigenvalue weighted by Crippen LogP contribution is 2.48. The topological polar surface area (TPSA) is 75.2 Å². The van der Waals surface area contributed by atoms with E-state index in [-0.39, 0.29) is 28.6 Å². The van der Waals surface area contributed by atoms with Gasteiger partial charge in [0.2, 0.25) is 0 Å². The fourth-order valence-electron chi connectivity index (χ4n) is 3.91. The van der Waals surface area contributed by atoms with E-state index >= 15 is 0 Å². The first-order valence-electron chi connectivity index (χ1n) is 8.21. The molecule has 2 aromatic rings. The lowest BCUT2D eigenvalue weighted by Crippen LogP contribution is -2.43. The Hall–Kier alpha value is -1.73. The SMILES string of the molecule is CSc1nc2c(c(=O)[nH]1)C(c1cccs1)C1C(=O)CC(C)(C)CC1=N2. The first-order chi connectivity index (χ1) is 11.9. The lowest BCUT2D eigenvalue weighted by Gasteiger charge is -2.39. The Bertz CT molecular complexity index is 928. The average molecular weight is 374 g/mol. The van der Waals surface area contributed by atoms with Gasteiger partial charge in [0, 0.05) is 22.9 Å². The van der Waals surface area contributed by atoms with E-state index < -0.39 is 0 Å². The number of nitrogens with one attached hydrogen (secondary N) is 1. The third kappa shape index (κ3) is 2.79. The van der Waals surface area contributed by atoms with Crippen LogP contribution in [-0.4, -0.2) is 27.7 Å². The molecular weight excluding hydrogens is 354 g/mol. The Morgan fingerprint density at radius 3 is 2.76 bits per heavy atom. The molecule has 5 nitrogen and oxygen atoms in total. The monoisotopic (exact) mass is 373 g/mol. The summed E-state index contributed by atoms with van der Waals surface area (Å²) < 4.78 is 0. The van der Waals surface area contributed by atoms with Crippen molar-refractivity contribution in [2.75, 3.05) is 6.26 Å². The molecular formula is C18H19N3O2S2. The Morgan fingerprint density at radius 2 is 2.08 bits per heavy atom. The molecule has 1 fully saturated rings. The highest BCUT2D eigenvalue weighted by Gasteiger charge is 2.47. The first-order valence-corrected chi connectivity index (χ1v) is 10.3. The molecule has 0 amide bonds. The second kappa shape index (κ2) is 5.92. The Labute approximate surface area is 154 Å². The molecule has 25 heavy (non-hydrogen) atoms. The maximum atomic E-state index is 13.0. The molecule has 1 N–H and O–H groups in total. The summed E-state index contributed by atoms with van der Waals surface area (Å²) in [6.07, 6.45) is 3.14. The second-order valence-corrected chi connectivity index (χ2v) is 9.14. The number of ketones is 1. The van der Waals surface area contributed by atoms with Gasteiger partial charge in [0.15, 0.2) is 11.0 Å². The van der Waals surface area contributed by atoms with E-state index in [0.717, 1.165) is 17.0 Å². The van der Waals surface area contributed by atoms with Gasteiger partial charge >= 0.3 is 0 Å². The molecule has 1 aliphatic heterocycles. The van der Waals surface area contributed by atoms with E-state index in [1.807, 2.05) is 23.8 Å². The zero-order valence-electron chi connectivity index (χ0n) is 14.3. The van der Waals surface area contributed by atoms with Crippen molar-refractivity contribution in [3.8, 4) is 0 Å². The fourth-order valence-corrected chi connectivity index (χ4v) is 5.15. The summed E-state index contributed by atoms with van der Waals surface area (Å²) in [6, 6.07) is 3.96. The Kier molecular flexibility index (Phi) is 3.96. The summed E-state index contributed by atoms with van der Waals surface area (Å²) in [4.78, 5) is 38.8. The number of aliphatic imine (C=N–C) groups is 1. The molecule has 3 heterocycles. The Balaban J connectivity index is 1.97. The van der Waals surface area contributed by atoms with Crippen LogP contribution in [0.2, 0.25) is 0 Å². The molecule has 7 heteroatoms. The van der Waals surface area contributed by atoms with Crippen LogP contribution in [0.1, 0.15) is 43.0 Å². The summed E-state index contributed by atoms with van der Waals surface area (Å²) in [6.45, 7) is 4.19. The molecule has 2 aliphatic rings. The normalized spacial score (nSPS) is 24.4. The molecule has 0 radical (unpaired) electrons. The lowest BCUT2D eigenvalue weighted by atomic mass is 9.65. The van der Waals surface area contributed by atoms with Crippen LogP contribution in [0.5, 0.6) is 0 Å². The van der Waals surface area contributed by atoms with Crippen LogP contribution in [0.25, 0.3) is 0 Å². The van der Waals surface area contributed by atoms with Crippen molar-refractivity contribution in [1.82, 2.24) is 9.97 Å². The smallest absolute Gasteiger partial charge is 0.257 e. The molecule has 4 rings (SSSR count). The fraction of sp³-hybridized carbons (Fsp3) is 0.444. The molecule has 0 bridgehead atoms. The van der Waals surface area contributed by atoms with Crippen molar-refractivity contribution in [3.05, 3.63) is 38.3 Å². The predicted octanol–water partition coefficient (Wildman–Crippen LogP) is 3.78. The van der Waals surface area contributed by atoms with Crippen molar-refractivity contribution >= 4 is 40.4 Å². The number of hydrogen-bond donors (Lipinski definition) is 1. The lowest BCUT2D eigenvalue weighted by molar-refractivity contribution is -0.124. The van der Waals surface area contributed by atoms with Crippen molar-refractivity contribution in [2.24, 2.45) is 16.3 Å². The third-order valence-corrected chi connectivity index (χ3v) is 6.40. The number of aromatic amines is 1. The van der Waals surface area contributed by atoms with Gasteiger partial charge in [-0.2, -0.15) is 0 Å². The van der Waals surface area contributed by atoms with Crippen molar-refractivity contribution in [2.45, 2.75) is 37.8 Å². The molecule has 130 valence electrons. The minimum Gasteiger partial charge on any atom is -0.301 e. The number of fused-ring (bicyclic) bond motifs is 2. The summed E-state index contributed by atoms with van der Waals surface area (Å²) in [5.74, 6) is 0.0242. The van der Waals surface area contributed by atoms with Gasteiger partial charge in [0.05, 0.1) is 11.5 Å². The van der Waals surface area contributed by atoms with Crippen molar-refractivity contribution < 1.29 is 4.79 Å². The molecule has 2 atom stereocenters. The summed E-state index contributed by atoms with van der Waals surface area (Å²) in [5.41, 5.74) is 1.11. The zero-order chi connectivity index (χ0) is 17.8. The number of carbonyl (C=O) groups excluding carboxylic acids is 1. The molecule has 2 aromatic heterocycles. The van der Waals surface area contributed by atoms with Gasteiger partial charge in [-0.15, -0.1) is 11.3 Å². The van der Waals surface area contributed by atoms with Gasteiger partial charge in [-0.05, 0) is 29.5 Å². The summed E-state index contributed by atoms with van der Waals surface area (Å²) in [7, 11) is 0. The van der Waals surface area contributed by atoms with Crippen LogP contribution in [0.3, 0.4) is 0 Å². The molecule has 1 aliphatic carbocycles. The molecule has 0 spiro atoms. The van der Waals surface area contributed by atoms with Crippen LogP contribution in [0.15, 0.2) is 32.5 Å². The number of H-pyrrole nitrogens is 1. The van der Waals surface area contributed by atoms with E-state index in [1.165, 1.54) is 11.8 Å². The number of hydrogen-bond acceptors (Lipinski definition) is 6.